The fraction of sp³-hybridized carbons (Fsp3) is 0.400. The van der Waals surface area contributed by atoms with E-state index in [1.165, 1.54) is 12.3 Å². The highest BCUT2D eigenvalue weighted by molar-refractivity contribution is 6.30. The number of aromatic nitrogens is 1. The van der Waals surface area contributed by atoms with Crippen LogP contribution in [0.3, 0.4) is 0 Å². The Hall–Kier alpha value is -1.89. The lowest BCUT2D eigenvalue weighted by Crippen LogP contribution is -2.24. The topological polar surface area (TPSA) is 96.6 Å². The summed E-state index contributed by atoms with van der Waals surface area (Å²) in [7, 11) is 0. The number of carboxylic acid groups (broad SMARTS) is 1. The van der Waals surface area contributed by atoms with Crippen LogP contribution in [0.5, 0.6) is 0 Å². The zero-order valence-electron chi connectivity index (χ0n) is 9.24. The Morgan fingerprint density at radius 2 is 2.39 bits per heavy atom. The molecule has 1 aromatic rings. The predicted octanol–water partition coefficient (Wildman–Crippen LogP) is 1.55. The highest BCUT2D eigenvalue weighted by Gasteiger charge is 2.32. The summed E-state index contributed by atoms with van der Waals surface area (Å²) in [6, 6.07) is 1.22. The van der Waals surface area contributed by atoms with E-state index in [0.29, 0.717) is 13.0 Å². The fourth-order valence-electron chi connectivity index (χ4n) is 1.95. The minimum atomic E-state index is -0.894. The molecule has 0 aromatic carbocycles. The number of hydrogen-bond acceptors (Lipinski definition) is 5. The normalized spacial score (nSPS) is 18.9. The highest BCUT2D eigenvalue weighted by Crippen LogP contribution is 2.31. The van der Waals surface area contributed by atoms with E-state index in [2.05, 4.69) is 4.98 Å². The molecule has 1 saturated heterocycles. The number of pyridine rings is 1. The van der Waals surface area contributed by atoms with Gasteiger partial charge in [0, 0.05) is 25.4 Å². The first-order chi connectivity index (χ1) is 8.49. The van der Waals surface area contributed by atoms with Crippen molar-refractivity contribution in [2.24, 2.45) is 5.92 Å². The minimum Gasteiger partial charge on any atom is -0.481 e. The average molecular weight is 272 g/mol. The van der Waals surface area contributed by atoms with Gasteiger partial charge in [0.2, 0.25) is 5.82 Å². The summed E-state index contributed by atoms with van der Waals surface area (Å²) in [6.07, 6.45) is 1.77. The van der Waals surface area contributed by atoms with Gasteiger partial charge in [0.1, 0.15) is 0 Å². The summed E-state index contributed by atoms with van der Waals surface area (Å²) >= 11 is 5.67. The van der Waals surface area contributed by atoms with Crippen molar-refractivity contribution >= 4 is 29.1 Å². The van der Waals surface area contributed by atoms with E-state index in [-0.39, 0.29) is 23.1 Å². The molecule has 0 spiro atoms. The fourth-order valence-corrected chi connectivity index (χ4v) is 2.11. The molecule has 1 N–H and O–H groups in total. The molecule has 96 valence electrons. The Labute approximate surface area is 107 Å². The van der Waals surface area contributed by atoms with Gasteiger partial charge in [0.05, 0.1) is 15.9 Å². The van der Waals surface area contributed by atoms with Crippen molar-refractivity contribution < 1.29 is 14.8 Å². The van der Waals surface area contributed by atoms with Crippen molar-refractivity contribution in [1.82, 2.24) is 4.98 Å². The van der Waals surface area contributed by atoms with E-state index in [1.807, 2.05) is 0 Å². The van der Waals surface area contributed by atoms with Crippen molar-refractivity contribution in [2.45, 2.75) is 6.42 Å². The first-order valence-corrected chi connectivity index (χ1v) is 5.64. The van der Waals surface area contributed by atoms with E-state index in [9.17, 15) is 14.9 Å². The van der Waals surface area contributed by atoms with Crippen LogP contribution in [-0.4, -0.2) is 34.1 Å². The van der Waals surface area contributed by atoms with Crippen LogP contribution < -0.4 is 4.90 Å². The third-order valence-corrected chi connectivity index (χ3v) is 3.05. The van der Waals surface area contributed by atoms with E-state index >= 15 is 0 Å². The maximum Gasteiger partial charge on any atom is 0.313 e. The van der Waals surface area contributed by atoms with Crippen LogP contribution in [0.15, 0.2) is 12.3 Å². The largest absolute Gasteiger partial charge is 0.481 e. The molecule has 1 aliphatic rings. The maximum atomic E-state index is 10.9. The second-order valence-corrected chi connectivity index (χ2v) is 4.46. The van der Waals surface area contributed by atoms with Crippen molar-refractivity contribution in [3.05, 3.63) is 27.4 Å². The zero-order valence-corrected chi connectivity index (χ0v) is 10.0. The number of nitro groups is 1. The molecule has 2 heterocycles. The first kappa shape index (κ1) is 12.6. The number of nitrogens with zero attached hydrogens (tertiary/aromatic N) is 3. The molecule has 1 aromatic heterocycles. The summed E-state index contributed by atoms with van der Waals surface area (Å²) < 4.78 is 0. The van der Waals surface area contributed by atoms with Gasteiger partial charge in [-0.1, -0.05) is 11.6 Å². The summed E-state index contributed by atoms with van der Waals surface area (Å²) in [5.41, 5.74) is -0.200. The average Bonchev–Trinajstić information content (AvgIpc) is 2.78. The van der Waals surface area contributed by atoms with Gasteiger partial charge < -0.3 is 10.0 Å². The highest BCUT2D eigenvalue weighted by atomic mass is 35.5. The number of rotatable bonds is 3. The SMILES string of the molecule is O=C(O)C1CCN(c2ncc(Cl)cc2[N+](=O)[O-])C1. The van der Waals surface area contributed by atoms with E-state index in [1.54, 1.807) is 4.90 Å². The second kappa shape index (κ2) is 4.77. The Balaban J connectivity index is 2.29. The van der Waals surface area contributed by atoms with Crippen LogP contribution in [0.1, 0.15) is 6.42 Å². The lowest BCUT2D eigenvalue weighted by atomic mass is 10.1. The van der Waals surface area contributed by atoms with Crippen molar-refractivity contribution in [3.8, 4) is 0 Å². The minimum absolute atomic E-state index is 0.174. The van der Waals surface area contributed by atoms with E-state index < -0.39 is 16.8 Å². The van der Waals surface area contributed by atoms with Gasteiger partial charge in [-0.3, -0.25) is 14.9 Å². The summed E-state index contributed by atoms with van der Waals surface area (Å²) in [5.74, 6) is -1.23. The van der Waals surface area contributed by atoms with Crippen LogP contribution in [0.4, 0.5) is 11.5 Å². The molecule has 8 heteroatoms. The molecule has 2 rings (SSSR count). The van der Waals surface area contributed by atoms with Crippen LogP contribution in [0, 0.1) is 16.0 Å². The van der Waals surface area contributed by atoms with Crippen LogP contribution in [0.25, 0.3) is 0 Å². The van der Waals surface area contributed by atoms with E-state index in [0.717, 1.165) is 0 Å². The molecule has 18 heavy (non-hydrogen) atoms. The Morgan fingerprint density at radius 1 is 1.67 bits per heavy atom. The third-order valence-electron chi connectivity index (χ3n) is 2.85. The Kier molecular flexibility index (Phi) is 3.33. The predicted molar refractivity (Wildman–Crippen MR) is 63.9 cm³/mol. The second-order valence-electron chi connectivity index (χ2n) is 4.02. The molecule has 7 nitrogen and oxygen atoms in total. The monoisotopic (exact) mass is 271 g/mol. The molecule has 1 fully saturated rings. The van der Waals surface area contributed by atoms with Crippen molar-refractivity contribution in [3.63, 3.8) is 0 Å². The van der Waals surface area contributed by atoms with Crippen LogP contribution in [-0.2, 0) is 4.79 Å². The lowest BCUT2D eigenvalue weighted by Gasteiger charge is -2.16. The first-order valence-electron chi connectivity index (χ1n) is 5.26. The number of halogens is 1. The van der Waals surface area contributed by atoms with Gasteiger partial charge >= 0.3 is 11.7 Å². The molecular weight excluding hydrogens is 262 g/mol. The van der Waals surface area contributed by atoms with Gasteiger partial charge in [-0.15, -0.1) is 0 Å². The summed E-state index contributed by atoms with van der Waals surface area (Å²) in [5, 5.41) is 20.0. The molecule has 0 bridgehead atoms. The molecule has 1 unspecified atom stereocenters. The summed E-state index contributed by atoms with van der Waals surface area (Å²) in [4.78, 5) is 26.7. The quantitative estimate of drug-likeness (QED) is 0.662. The number of hydrogen-bond donors (Lipinski definition) is 1. The molecule has 1 aliphatic heterocycles. The van der Waals surface area contributed by atoms with Gasteiger partial charge in [-0.25, -0.2) is 4.98 Å². The standard InChI is InChI=1S/C10H10ClN3O4/c11-7-3-8(14(17)18)9(12-4-7)13-2-1-6(5-13)10(15)16/h3-4,6H,1-2,5H2,(H,15,16). The maximum absolute atomic E-state index is 10.9. The number of anilines is 1. The smallest absolute Gasteiger partial charge is 0.313 e. The van der Waals surface area contributed by atoms with Gasteiger partial charge in [0.25, 0.3) is 0 Å². The third kappa shape index (κ3) is 2.35. The molecule has 0 amide bonds. The molecular formula is C10H10ClN3O4. The molecule has 0 radical (unpaired) electrons. The van der Waals surface area contributed by atoms with Crippen LogP contribution >= 0.6 is 11.6 Å². The number of carbonyl (C=O) groups is 1. The van der Waals surface area contributed by atoms with Crippen molar-refractivity contribution in [1.29, 1.82) is 0 Å². The summed E-state index contributed by atoms with van der Waals surface area (Å²) in [6.45, 7) is 0.664. The Bertz CT molecular complexity index is 508. The van der Waals surface area contributed by atoms with Crippen molar-refractivity contribution in [2.75, 3.05) is 18.0 Å². The van der Waals surface area contributed by atoms with Gasteiger partial charge in [-0.05, 0) is 6.42 Å². The molecule has 0 aliphatic carbocycles. The van der Waals surface area contributed by atoms with Gasteiger partial charge in [-0.2, -0.15) is 0 Å². The van der Waals surface area contributed by atoms with Crippen LogP contribution in [0.2, 0.25) is 5.02 Å². The van der Waals surface area contributed by atoms with Gasteiger partial charge in [0.15, 0.2) is 0 Å². The molecule has 1 atom stereocenters. The van der Waals surface area contributed by atoms with E-state index in [4.69, 9.17) is 16.7 Å². The number of carboxylic acids is 1. The number of aliphatic carboxylic acids is 1. The zero-order chi connectivity index (χ0) is 13.3. The Morgan fingerprint density at radius 3 is 2.94 bits per heavy atom. The lowest BCUT2D eigenvalue weighted by molar-refractivity contribution is -0.384. The molecule has 0 saturated carbocycles.